The second kappa shape index (κ2) is 12.2. The lowest BCUT2D eigenvalue weighted by Gasteiger charge is -2.30. The van der Waals surface area contributed by atoms with Crippen molar-refractivity contribution in [3.63, 3.8) is 0 Å². The van der Waals surface area contributed by atoms with Crippen LogP contribution in [-0.2, 0) is 9.47 Å². The van der Waals surface area contributed by atoms with E-state index in [-0.39, 0.29) is 46.7 Å². The number of primary amides is 1. The topological polar surface area (TPSA) is 144 Å². The second-order valence-electron chi connectivity index (χ2n) is 11.0. The van der Waals surface area contributed by atoms with Crippen molar-refractivity contribution in [3.8, 4) is 0 Å². The van der Waals surface area contributed by atoms with E-state index in [0.29, 0.717) is 32.7 Å². The monoisotopic (exact) mass is 561 g/mol. The zero-order chi connectivity index (χ0) is 29.0. The molecule has 0 unspecified atom stereocenters. The number of carbonyl (C=O) groups excluding carboxylic acids is 2. The van der Waals surface area contributed by atoms with Crippen LogP contribution in [0.5, 0.6) is 0 Å². The molecular weight excluding hydrogens is 524 g/mol. The van der Waals surface area contributed by atoms with Crippen molar-refractivity contribution in [1.29, 1.82) is 0 Å². The molecule has 3 heterocycles. The molecule has 218 valence electrons. The van der Waals surface area contributed by atoms with Gasteiger partial charge in [-0.3, -0.25) is 4.79 Å². The van der Waals surface area contributed by atoms with Gasteiger partial charge in [0.25, 0.3) is 5.91 Å². The van der Waals surface area contributed by atoms with E-state index in [1.54, 1.807) is 25.7 Å². The Morgan fingerprint density at radius 2 is 1.88 bits per heavy atom. The summed E-state index contributed by atoms with van der Waals surface area (Å²) in [6.45, 7) is 9.22. The predicted octanol–water partition coefficient (Wildman–Crippen LogP) is 3.93. The van der Waals surface area contributed by atoms with Crippen molar-refractivity contribution in [1.82, 2.24) is 15.3 Å². The minimum Gasteiger partial charge on any atom is -0.444 e. The molecule has 2 aliphatic rings. The molecule has 0 spiro atoms. The van der Waals surface area contributed by atoms with E-state index in [1.165, 1.54) is 12.3 Å². The highest BCUT2D eigenvalue weighted by molar-refractivity contribution is 5.98. The lowest BCUT2D eigenvalue weighted by molar-refractivity contribution is 0.0495. The first-order valence-corrected chi connectivity index (χ1v) is 13.5. The first kappa shape index (κ1) is 29.2. The molecule has 13 heteroatoms. The Balaban J connectivity index is 1.57. The van der Waals surface area contributed by atoms with E-state index in [1.807, 2.05) is 6.92 Å². The van der Waals surface area contributed by atoms with E-state index < -0.39 is 29.2 Å². The van der Waals surface area contributed by atoms with E-state index in [9.17, 15) is 14.0 Å². The third-order valence-corrected chi connectivity index (χ3v) is 6.65. The van der Waals surface area contributed by atoms with Crippen molar-refractivity contribution >= 4 is 35.1 Å². The number of rotatable bonds is 10. The first-order chi connectivity index (χ1) is 18.9. The van der Waals surface area contributed by atoms with Crippen molar-refractivity contribution in [2.24, 2.45) is 11.7 Å². The van der Waals surface area contributed by atoms with Crippen LogP contribution in [0.1, 0.15) is 57.3 Å². The Labute approximate surface area is 232 Å². The molecule has 5 N–H and O–H groups in total. The summed E-state index contributed by atoms with van der Waals surface area (Å²) in [5, 5.41) is 8.87. The van der Waals surface area contributed by atoms with Crippen LogP contribution in [0, 0.1) is 17.6 Å². The number of pyridine rings is 2. The van der Waals surface area contributed by atoms with Gasteiger partial charge in [0, 0.05) is 19.2 Å². The third kappa shape index (κ3) is 7.46. The average Bonchev–Trinajstić information content (AvgIpc) is 3.72. The summed E-state index contributed by atoms with van der Waals surface area (Å²) in [6.07, 6.45) is 3.19. The number of halogens is 2. The van der Waals surface area contributed by atoms with Gasteiger partial charge >= 0.3 is 6.09 Å². The number of hydrogen-bond acceptors (Lipinski definition) is 9. The zero-order valence-electron chi connectivity index (χ0n) is 23.2. The minimum absolute atomic E-state index is 0.0561. The highest BCUT2D eigenvalue weighted by Crippen LogP contribution is 2.37. The number of nitrogens with two attached hydrogens (primary N) is 1. The van der Waals surface area contributed by atoms with Crippen LogP contribution in [0.25, 0.3) is 0 Å². The minimum atomic E-state index is -0.907. The second-order valence-corrected chi connectivity index (χ2v) is 11.0. The Kier molecular flexibility index (Phi) is 8.92. The molecular formula is C27H37F2N7O4. The number of nitrogens with zero attached hydrogens (tertiary/aromatic N) is 3. The number of morpholine rings is 1. The van der Waals surface area contributed by atoms with Crippen molar-refractivity contribution in [2.75, 3.05) is 41.8 Å². The maximum Gasteiger partial charge on any atom is 0.407 e. The molecule has 2 amide bonds. The highest BCUT2D eigenvalue weighted by Gasteiger charge is 2.38. The maximum atomic E-state index is 15.2. The van der Waals surface area contributed by atoms with Gasteiger partial charge in [0.2, 0.25) is 0 Å². The van der Waals surface area contributed by atoms with E-state index in [4.69, 9.17) is 15.2 Å². The summed E-state index contributed by atoms with van der Waals surface area (Å²) >= 11 is 0. The fourth-order valence-corrected chi connectivity index (χ4v) is 4.58. The van der Waals surface area contributed by atoms with Gasteiger partial charge in [-0.2, -0.15) is 0 Å². The molecule has 1 aliphatic carbocycles. The summed E-state index contributed by atoms with van der Waals surface area (Å²) in [5.74, 6) is -2.08. The van der Waals surface area contributed by atoms with Crippen LogP contribution in [0.4, 0.5) is 36.7 Å². The molecule has 0 bridgehead atoms. The number of hydrogen-bond donors (Lipinski definition) is 4. The Morgan fingerprint density at radius 1 is 1.18 bits per heavy atom. The smallest absolute Gasteiger partial charge is 0.407 e. The molecule has 0 radical (unpaired) electrons. The van der Waals surface area contributed by atoms with E-state index in [0.717, 1.165) is 18.9 Å². The average molecular weight is 562 g/mol. The van der Waals surface area contributed by atoms with Gasteiger partial charge in [-0.15, -0.1) is 0 Å². The Bertz CT molecular complexity index is 1230. The van der Waals surface area contributed by atoms with Crippen LogP contribution >= 0.6 is 0 Å². The van der Waals surface area contributed by atoms with Crippen molar-refractivity contribution in [3.05, 3.63) is 35.5 Å². The number of carbonyl (C=O) groups is 2. The van der Waals surface area contributed by atoms with E-state index in [2.05, 4.69) is 25.9 Å². The van der Waals surface area contributed by atoms with Gasteiger partial charge in [-0.1, -0.05) is 6.92 Å². The molecule has 2 aromatic rings. The molecule has 1 saturated heterocycles. The number of anilines is 4. The van der Waals surface area contributed by atoms with Crippen LogP contribution in [-0.4, -0.2) is 66.0 Å². The maximum absolute atomic E-state index is 15.2. The lowest BCUT2D eigenvalue weighted by atomic mass is 10.0. The van der Waals surface area contributed by atoms with Crippen LogP contribution < -0.4 is 26.6 Å². The van der Waals surface area contributed by atoms with Crippen molar-refractivity contribution in [2.45, 2.75) is 64.6 Å². The number of nitrogens with one attached hydrogen (secondary N) is 3. The molecule has 11 nitrogen and oxygen atoms in total. The summed E-state index contributed by atoms with van der Waals surface area (Å²) in [4.78, 5) is 34.9. The van der Waals surface area contributed by atoms with Gasteiger partial charge in [0.05, 0.1) is 42.7 Å². The quantitative estimate of drug-likeness (QED) is 0.339. The summed E-state index contributed by atoms with van der Waals surface area (Å²) in [5.41, 5.74) is 4.83. The normalized spacial score (nSPS) is 17.1. The SMILES string of the molecule is CC[C@H](NC(=O)OC(C)(C)C)[C@H](Nc1nc(Nc2cnc(N3CCOCC3)c(F)c2)c(C(N)=O)cc1F)C1CC1. The number of alkyl carbamates (subject to hydrolysis) is 1. The van der Waals surface area contributed by atoms with Gasteiger partial charge in [0.1, 0.15) is 11.4 Å². The summed E-state index contributed by atoms with van der Waals surface area (Å²) in [6, 6.07) is 1.49. The molecule has 2 fully saturated rings. The fraction of sp³-hybridized carbons (Fsp3) is 0.556. The molecule has 4 rings (SSSR count). The number of amides is 2. The van der Waals surface area contributed by atoms with Crippen LogP contribution in [0.3, 0.4) is 0 Å². The zero-order valence-corrected chi connectivity index (χ0v) is 23.2. The molecule has 40 heavy (non-hydrogen) atoms. The molecule has 2 aromatic heterocycles. The van der Waals surface area contributed by atoms with Gasteiger partial charge in [-0.25, -0.2) is 23.5 Å². The predicted molar refractivity (Wildman–Crippen MR) is 147 cm³/mol. The standard InChI is InChI=1S/C27H37F2N7O4/c1-5-20(33-26(38)40-27(2,3)4)21(15-6-7-15)34-24-18(28)13-17(22(30)37)23(35-24)32-16-12-19(29)25(31-14-16)36-8-10-39-11-9-36/h12-15,20-21H,5-11H2,1-4H3,(H2,30,37)(H,33,38)(H2,32,34,35)/t20-,21+/m0/s1. The largest absolute Gasteiger partial charge is 0.444 e. The molecule has 2 atom stereocenters. The third-order valence-electron chi connectivity index (χ3n) is 6.65. The lowest BCUT2D eigenvalue weighted by Crippen LogP contribution is -2.49. The van der Waals surface area contributed by atoms with Gasteiger partial charge < -0.3 is 36.1 Å². The van der Waals surface area contributed by atoms with Crippen molar-refractivity contribution < 1.29 is 27.8 Å². The highest BCUT2D eigenvalue weighted by atomic mass is 19.1. The number of ether oxygens (including phenoxy) is 2. The fourth-order valence-electron chi connectivity index (χ4n) is 4.58. The van der Waals surface area contributed by atoms with Crippen LogP contribution in [0.2, 0.25) is 0 Å². The first-order valence-electron chi connectivity index (χ1n) is 13.5. The molecule has 0 aromatic carbocycles. The number of aromatic nitrogens is 2. The summed E-state index contributed by atoms with van der Waals surface area (Å²) < 4.78 is 40.8. The molecule has 1 aliphatic heterocycles. The van der Waals surface area contributed by atoms with Gasteiger partial charge in [-0.05, 0) is 52.0 Å². The van der Waals surface area contributed by atoms with E-state index >= 15 is 4.39 Å². The molecule has 1 saturated carbocycles. The Hall–Kier alpha value is -3.74. The van der Waals surface area contributed by atoms with Crippen LogP contribution in [0.15, 0.2) is 18.3 Å². The Morgan fingerprint density at radius 3 is 2.45 bits per heavy atom. The van der Waals surface area contributed by atoms with Gasteiger partial charge in [0.15, 0.2) is 23.3 Å². The summed E-state index contributed by atoms with van der Waals surface area (Å²) in [7, 11) is 0.